The third-order valence-electron chi connectivity index (χ3n) is 4.87. The number of nitrogens with zero attached hydrogens (tertiary/aromatic N) is 4. The second-order valence-corrected chi connectivity index (χ2v) is 7.21. The average molecular weight is 368 g/mol. The molecule has 5 atom stereocenters. The van der Waals surface area contributed by atoms with Gasteiger partial charge in [0.15, 0.2) is 5.65 Å². The molecule has 9 nitrogen and oxygen atoms in total. The standard InChI is InChI=1S/C15H20N4O5S/c1-25-14-11-13(16-6-17-14)19(7-18-11)3-8(20)2-15-10(22)5-23-12(15)9(21)4-24-15/h6-10,12,20-22H,2-5H2,1H3/t8?,9-,10+,12-,15-/m1/s1. The Labute approximate surface area is 148 Å². The van der Waals surface area contributed by atoms with Gasteiger partial charge in [0.05, 0.1) is 32.2 Å². The van der Waals surface area contributed by atoms with Crippen LogP contribution in [0.15, 0.2) is 17.7 Å². The van der Waals surface area contributed by atoms with E-state index in [1.807, 2.05) is 6.26 Å². The minimum Gasteiger partial charge on any atom is -0.391 e. The second kappa shape index (κ2) is 6.45. The van der Waals surface area contributed by atoms with Gasteiger partial charge in [-0.05, 0) is 6.26 Å². The molecule has 2 aliphatic heterocycles. The van der Waals surface area contributed by atoms with Crippen LogP contribution in [0.1, 0.15) is 6.42 Å². The quantitative estimate of drug-likeness (QED) is 0.459. The van der Waals surface area contributed by atoms with E-state index in [9.17, 15) is 15.3 Å². The molecule has 25 heavy (non-hydrogen) atoms. The van der Waals surface area contributed by atoms with Gasteiger partial charge in [-0.25, -0.2) is 15.0 Å². The molecular weight excluding hydrogens is 348 g/mol. The molecule has 136 valence electrons. The van der Waals surface area contributed by atoms with E-state index >= 15 is 0 Å². The van der Waals surface area contributed by atoms with E-state index in [1.54, 1.807) is 10.9 Å². The molecule has 0 spiro atoms. The van der Waals surface area contributed by atoms with Crippen molar-refractivity contribution in [2.75, 3.05) is 19.5 Å². The third kappa shape index (κ3) is 2.73. The number of rotatable bonds is 5. The highest BCUT2D eigenvalue weighted by molar-refractivity contribution is 7.98. The zero-order valence-electron chi connectivity index (χ0n) is 13.6. The highest BCUT2D eigenvalue weighted by Gasteiger charge is 2.59. The van der Waals surface area contributed by atoms with Crippen LogP contribution in [-0.4, -0.2) is 84.3 Å². The number of aliphatic hydroxyl groups excluding tert-OH is 3. The van der Waals surface area contributed by atoms with Gasteiger partial charge in [0.1, 0.15) is 40.8 Å². The maximum Gasteiger partial charge on any atom is 0.164 e. The molecule has 0 bridgehead atoms. The zero-order chi connectivity index (χ0) is 17.6. The van der Waals surface area contributed by atoms with E-state index in [4.69, 9.17) is 9.47 Å². The average Bonchev–Trinajstić information content (AvgIpc) is 3.24. The molecule has 2 fully saturated rings. The lowest BCUT2D eigenvalue weighted by Crippen LogP contribution is -2.49. The largest absolute Gasteiger partial charge is 0.391 e. The smallest absolute Gasteiger partial charge is 0.164 e. The van der Waals surface area contributed by atoms with Gasteiger partial charge in [-0.15, -0.1) is 11.8 Å². The van der Waals surface area contributed by atoms with Crippen LogP contribution >= 0.6 is 11.8 Å². The van der Waals surface area contributed by atoms with Gasteiger partial charge in [0, 0.05) is 6.42 Å². The number of aromatic nitrogens is 4. The number of imidazole rings is 1. The molecule has 10 heteroatoms. The number of hydrogen-bond acceptors (Lipinski definition) is 9. The first-order valence-electron chi connectivity index (χ1n) is 8.04. The fraction of sp³-hybridized carbons (Fsp3) is 0.667. The van der Waals surface area contributed by atoms with Crippen LogP contribution in [0, 0.1) is 0 Å². The van der Waals surface area contributed by atoms with Crippen molar-refractivity contribution in [1.29, 1.82) is 0 Å². The molecule has 2 aliphatic rings. The number of aliphatic hydroxyl groups is 3. The van der Waals surface area contributed by atoms with Crippen molar-refractivity contribution in [3.63, 3.8) is 0 Å². The lowest BCUT2D eigenvalue weighted by atomic mass is 9.86. The summed E-state index contributed by atoms with van der Waals surface area (Å²) in [5, 5.41) is 31.6. The van der Waals surface area contributed by atoms with Crippen molar-refractivity contribution in [1.82, 2.24) is 19.5 Å². The maximum absolute atomic E-state index is 10.6. The lowest BCUT2D eigenvalue weighted by Gasteiger charge is -2.32. The number of thioether (sulfide) groups is 1. The monoisotopic (exact) mass is 368 g/mol. The summed E-state index contributed by atoms with van der Waals surface area (Å²) in [5.74, 6) is 0. The summed E-state index contributed by atoms with van der Waals surface area (Å²) in [6, 6.07) is 0. The summed E-state index contributed by atoms with van der Waals surface area (Å²) in [4.78, 5) is 12.8. The first kappa shape index (κ1) is 17.1. The first-order chi connectivity index (χ1) is 12.0. The van der Waals surface area contributed by atoms with Gasteiger partial charge in [0.2, 0.25) is 0 Å². The summed E-state index contributed by atoms with van der Waals surface area (Å²) in [7, 11) is 0. The predicted molar refractivity (Wildman–Crippen MR) is 88.2 cm³/mol. The minimum atomic E-state index is -1.07. The highest BCUT2D eigenvalue weighted by atomic mass is 32.2. The Hall–Kier alpha value is -1.30. The van der Waals surface area contributed by atoms with Gasteiger partial charge in [-0.3, -0.25) is 0 Å². The van der Waals surface area contributed by atoms with Gasteiger partial charge < -0.3 is 29.4 Å². The van der Waals surface area contributed by atoms with Gasteiger partial charge in [-0.2, -0.15) is 0 Å². The third-order valence-corrected chi connectivity index (χ3v) is 5.56. The Morgan fingerprint density at radius 1 is 1.36 bits per heavy atom. The number of hydrogen-bond donors (Lipinski definition) is 3. The Kier molecular flexibility index (Phi) is 4.42. The van der Waals surface area contributed by atoms with E-state index in [0.717, 1.165) is 5.03 Å². The van der Waals surface area contributed by atoms with Crippen molar-refractivity contribution in [2.45, 2.75) is 48.0 Å². The van der Waals surface area contributed by atoms with Crippen LogP contribution in [0.3, 0.4) is 0 Å². The molecule has 2 saturated heterocycles. The normalized spacial score (nSPS) is 33.0. The second-order valence-electron chi connectivity index (χ2n) is 6.41. The molecular formula is C15H20N4O5S. The molecule has 2 aromatic rings. The zero-order valence-corrected chi connectivity index (χ0v) is 14.5. The van der Waals surface area contributed by atoms with Crippen LogP contribution in [0.2, 0.25) is 0 Å². The van der Waals surface area contributed by atoms with E-state index in [1.165, 1.54) is 18.1 Å². The van der Waals surface area contributed by atoms with Gasteiger partial charge >= 0.3 is 0 Å². The Morgan fingerprint density at radius 3 is 3.00 bits per heavy atom. The fourth-order valence-electron chi connectivity index (χ4n) is 3.72. The summed E-state index contributed by atoms with van der Waals surface area (Å²) >= 11 is 1.48. The van der Waals surface area contributed by atoms with Gasteiger partial charge in [0.25, 0.3) is 0 Å². The summed E-state index contributed by atoms with van der Waals surface area (Å²) in [5.41, 5.74) is 0.257. The van der Waals surface area contributed by atoms with Crippen LogP contribution in [0.4, 0.5) is 0 Å². The van der Waals surface area contributed by atoms with Crippen LogP contribution in [0.25, 0.3) is 11.2 Å². The predicted octanol–water partition coefficient (Wildman–Crippen LogP) is -0.811. The topological polar surface area (TPSA) is 123 Å². The molecule has 0 amide bonds. The maximum atomic E-state index is 10.6. The molecule has 3 N–H and O–H groups in total. The fourth-order valence-corrected chi connectivity index (χ4v) is 4.21. The lowest BCUT2D eigenvalue weighted by molar-refractivity contribution is -0.102. The molecule has 0 saturated carbocycles. The molecule has 2 aromatic heterocycles. The van der Waals surface area contributed by atoms with Crippen molar-refractivity contribution in [3.8, 4) is 0 Å². The number of fused-ring (bicyclic) bond motifs is 2. The highest BCUT2D eigenvalue weighted by Crippen LogP contribution is 2.41. The summed E-state index contributed by atoms with van der Waals surface area (Å²) in [6.45, 7) is 0.418. The van der Waals surface area contributed by atoms with E-state index in [-0.39, 0.29) is 26.2 Å². The Bertz CT molecular complexity index is 773. The molecule has 0 aromatic carbocycles. The van der Waals surface area contributed by atoms with Gasteiger partial charge in [-0.1, -0.05) is 0 Å². The van der Waals surface area contributed by atoms with E-state index in [2.05, 4.69) is 15.0 Å². The number of ether oxygens (including phenoxy) is 2. The summed E-state index contributed by atoms with van der Waals surface area (Å²) in [6.07, 6.45) is 2.03. The Morgan fingerprint density at radius 2 is 2.20 bits per heavy atom. The van der Waals surface area contributed by atoms with E-state index in [0.29, 0.717) is 11.2 Å². The van der Waals surface area contributed by atoms with E-state index < -0.39 is 30.0 Å². The minimum absolute atomic E-state index is 0.0900. The first-order valence-corrected chi connectivity index (χ1v) is 9.27. The van der Waals surface area contributed by atoms with Crippen molar-refractivity contribution < 1.29 is 24.8 Å². The summed E-state index contributed by atoms with van der Waals surface area (Å²) < 4.78 is 12.9. The van der Waals surface area contributed by atoms with Crippen LogP contribution in [-0.2, 0) is 16.0 Å². The molecule has 0 aliphatic carbocycles. The molecule has 0 radical (unpaired) electrons. The molecule has 1 unspecified atom stereocenters. The van der Waals surface area contributed by atoms with Crippen molar-refractivity contribution in [2.24, 2.45) is 0 Å². The Balaban J connectivity index is 1.54. The van der Waals surface area contributed by atoms with Crippen molar-refractivity contribution in [3.05, 3.63) is 12.7 Å². The van der Waals surface area contributed by atoms with Crippen molar-refractivity contribution >= 4 is 22.9 Å². The SMILES string of the molecule is CSc1ncnc2c1ncn2CC(O)C[C@]12OC[C@@H](O)[C@H]1OC[C@@H]2O. The van der Waals surface area contributed by atoms with Crippen LogP contribution in [0.5, 0.6) is 0 Å². The molecule has 4 rings (SSSR count). The van der Waals surface area contributed by atoms with Crippen LogP contribution < -0.4 is 0 Å². The molecule has 4 heterocycles.